The Balaban J connectivity index is 1.94. The van der Waals surface area contributed by atoms with Gasteiger partial charge < -0.3 is 4.74 Å². The van der Waals surface area contributed by atoms with Crippen LogP contribution in [0, 0.1) is 5.82 Å². The van der Waals surface area contributed by atoms with Gasteiger partial charge in [0.05, 0.1) is 28.5 Å². The van der Waals surface area contributed by atoms with Crippen molar-refractivity contribution in [3.8, 4) is 0 Å². The number of carbonyl (C=O) groups is 1. The van der Waals surface area contributed by atoms with Gasteiger partial charge in [0.15, 0.2) is 4.80 Å². The van der Waals surface area contributed by atoms with Crippen molar-refractivity contribution in [1.82, 2.24) is 4.57 Å². The molecule has 7 heteroatoms. The van der Waals surface area contributed by atoms with Crippen LogP contribution in [0.25, 0.3) is 6.08 Å². The SMILES string of the molecule is CCOC(=O)C1=C(C)N=c2sc(=Cc3ccc(F)cc3)c(=O)n2[C@H]1c1ccccc1. The summed E-state index contributed by atoms with van der Waals surface area (Å²) in [5.41, 5.74) is 2.12. The summed E-state index contributed by atoms with van der Waals surface area (Å²) in [7, 11) is 0. The standard InChI is InChI=1S/C23H19FN2O3S/c1-3-29-22(28)19-14(2)25-23-26(20(19)16-7-5-4-6-8-16)21(27)18(30-23)13-15-9-11-17(24)12-10-15/h4-13,20H,3H2,1-2H3/t20-/m0/s1. The summed E-state index contributed by atoms with van der Waals surface area (Å²) in [5, 5.41) is 0. The Morgan fingerprint density at radius 3 is 2.57 bits per heavy atom. The molecule has 30 heavy (non-hydrogen) atoms. The fourth-order valence-electron chi connectivity index (χ4n) is 3.45. The Morgan fingerprint density at radius 2 is 1.90 bits per heavy atom. The number of esters is 1. The van der Waals surface area contributed by atoms with Gasteiger partial charge in [0, 0.05) is 0 Å². The number of benzene rings is 2. The highest BCUT2D eigenvalue weighted by molar-refractivity contribution is 7.07. The molecule has 0 N–H and O–H groups in total. The van der Waals surface area contributed by atoms with Crippen LogP contribution in [0.2, 0.25) is 0 Å². The first-order valence-corrected chi connectivity index (χ1v) is 10.3. The molecule has 0 saturated heterocycles. The Bertz CT molecular complexity index is 1310. The topological polar surface area (TPSA) is 60.7 Å². The molecule has 2 aromatic carbocycles. The molecule has 0 bridgehead atoms. The second-order valence-electron chi connectivity index (χ2n) is 6.76. The van der Waals surface area contributed by atoms with E-state index in [1.165, 1.54) is 28.0 Å². The number of fused-ring (bicyclic) bond motifs is 1. The zero-order valence-electron chi connectivity index (χ0n) is 16.5. The summed E-state index contributed by atoms with van der Waals surface area (Å²) >= 11 is 1.24. The molecule has 1 aliphatic rings. The maximum atomic E-state index is 13.3. The molecule has 0 spiro atoms. The van der Waals surface area contributed by atoms with Crippen LogP contribution in [0.15, 0.2) is 75.7 Å². The van der Waals surface area contributed by atoms with Crippen LogP contribution >= 0.6 is 11.3 Å². The number of hydrogen-bond donors (Lipinski definition) is 0. The Morgan fingerprint density at radius 1 is 1.20 bits per heavy atom. The minimum Gasteiger partial charge on any atom is -0.463 e. The van der Waals surface area contributed by atoms with E-state index in [-0.39, 0.29) is 18.0 Å². The Labute approximate surface area is 176 Å². The van der Waals surface area contributed by atoms with Crippen LogP contribution in [0.1, 0.15) is 31.0 Å². The second kappa shape index (κ2) is 8.20. The van der Waals surface area contributed by atoms with E-state index in [1.54, 1.807) is 32.1 Å². The zero-order valence-corrected chi connectivity index (χ0v) is 17.3. The lowest BCUT2D eigenvalue weighted by Gasteiger charge is -2.24. The molecule has 0 fully saturated rings. The fourth-order valence-corrected chi connectivity index (χ4v) is 4.50. The van der Waals surface area contributed by atoms with Gasteiger partial charge in [0.25, 0.3) is 5.56 Å². The first kappa shape index (κ1) is 20.0. The van der Waals surface area contributed by atoms with Crippen LogP contribution in [-0.4, -0.2) is 17.1 Å². The zero-order chi connectivity index (χ0) is 21.3. The van der Waals surface area contributed by atoms with Gasteiger partial charge in [-0.3, -0.25) is 9.36 Å². The maximum absolute atomic E-state index is 13.3. The molecule has 0 unspecified atom stereocenters. The average molecular weight is 422 g/mol. The van der Waals surface area contributed by atoms with Gasteiger partial charge in [-0.1, -0.05) is 53.8 Å². The van der Waals surface area contributed by atoms with Crippen molar-refractivity contribution in [3.63, 3.8) is 0 Å². The average Bonchev–Trinajstić information content (AvgIpc) is 3.04. The normalized spacial score (nSPS) is 16.2. The van der Waals surface area contributed by atoms with E-state index in [0.717, 1.165) is 5.56 Å². The summed E-state index contributed by atoms with van der Waals surface area (Å²) in [5.74, 6) is -0.826. The van der Waals surface area contributed by atoms with Crippen LogP contribution in [0.5, 0.6) is 0 Å². The van der Waals surface area contributed by atoms with Crippen molar-refractivity contribution in [2.75, 3.05) is 6.61 Å². The van der Waals surface area contributed by atoms with E-state index in [2.05, 4.69) is 4.99 Å². The third-order valence-electron chi connectivity index (χ3n) is 4.80. The highest BCUT2D eigenvalue weighted by Crippen LogP contribution is 2.30. The summed E-state index contributed by atoms with van der Waals surface area (Å²) in [6, 6.07) is 14.6. The number of rotatable bonds is 4. The van der Waals surface area contributed by atoms with Crippen LogP contribution < -0.4 is 14.9 Å². The third-order valence-corrected chi connectivity index (χ3v) is 5.78. The van der Waals surface area contributed by atoms with E-state index in [1.807, 2.05) is 30.3 Å². The van der Waals surface area contributed by atoms with E-state index < -0.39 is 12.0 Å². The van der Waals surface area contributed by atoms with Gasteiger partial charge in [0.1, 0.15) is 5.82 Å². The molecule has 3 aromatic rings. The molecule has 0 radical (unpaired) electrons. The summed E-state index contributed by atoms with van der Waals surface area (Å²) in [6.45, 7) is 3.72. The minimum atomic E-state index is -0.628. The molecule has 1 atom stereocenters. The van der Waals surface area contributed by atoms with Crippen LogP contribution in [0.3, 0.4) is 0 Å². The number of thiazole rings is 1. The molecule has 1 aromatic heterocycles. The molecule has 4 rings (SSSR count). The van der Waals surface area contributed by atoms with Gasteiger partial charge in [-0.05, 0) is 43.2 Å². The van der Waals surface area contributed by atoms with Gasteiger partial charge in [-0.15, -0.1) is 0 Å². The lowest BCUT2D eigenvalue weighted by molar-refractivity contribution is -0.139. The van der Waals surface area contributed by atoms with E-state index >= 15 is 0 Å². The Kier molecular flexibility index (Phi) is 5.46. The number of allylic oxidation sites excluding steroid dienone is 1. The van der Waals surface area contributed by atoms with Gasteiger partial charge in [0.2, 0.25) is 0 Å². The molecule has 5 nitrogen and oxygen atoms in total. The van der Waals surface area contributed by atoms with Crippen molar-refractivity contribution in [2.24, 2.45) is 4.99 Å². The molecular formula is C23H19FN2O3S. The van der Waals surface area contributed by atoms with Crippen molar-refractivity contribution in [3.05, 3.63) is 102 Å². The smallest absolute Gasteiger partial charge is 0.338 e. The number of halogens is 1. The van der Waals surface area contributed by atoms with Crippen molar-refractivity contribution in [1.29, 1.82) is 0 Å². The number of carbonyl (C=O) groups excluding carboxylic acids is 1. The van der Waals surface area contributed by atoms with Crippen LogP contribution in [-0.2, 0) is 9.53 Å². The first-order chi connectivity index (χ1) is 14.5. The Hall–Kier alpha value is -3.32. The van der Waals surface area contributed by atoms with Gasteiger partial charge in [-0.25, -0.2) is 14.2 Å². The number of hydrogen-bond acceptors (Lipinski definition) is 5. The lowest BCUT2D eigenvalue weighted by Crippen LogP contribution is -2.39. The van der Waals surface area contributed by atoms with E-state index in [9.17, 15) is 14.0 Å². The summed E-state index contributed by atoms with van der Waals surface area (Å²) in [6.07, 6.45) is 1.70. The molecule has 1 aliphatic heterocycles. The van der Waals surface area contributed by atoms with E-state index in [0.29, 0.717) is 26.2 Å². The molecule has 0 amide bonds. The quantitative estimate of drug-likeness (QED) is 0.608. The largest absolute Gasteiger partial charge is 0.463 e. The van der Waals surface area contributed by atoms with Crippen LogP contribution in [0.4, 0.5) is 4.39 Å². The monoisotopic (exact) mass is 422 g/mol. The highest BCUT2D eigenvalue weighted by Gasteiger charge is 2.33. The molecular weight excluding hydrogens is 403 g/mol. The van der Waals surface area contributed by atoms with Crippen molar-refractivity contribution >= 4 is 23.4 Å². The fraction of sp³-hybridized carbons (Fsp3) is 0.174. The van der Waals surface area contributed by atoms with Gasteiger partial charge in [-0.2, -0.15) is 0 Å². The minimum absolute atomic E-state index is 0.228. The van der Waals surface area contributed by atoms with Crippen molar-refractivity contribution < 1.29 is 13.9 Å². The molecule has 2 heterocycles. The maximum Gasteiger partial charge on any atom is 0.338 e. The van der Waals surface area contributed by atoms with E-state index in [4.69, 9.17) is 4.74 Å². The lowest BCUT2D eigenvalue weighted by atomic mass is 9.96. The number of ether oxygens (including phenoxy) is 1. The van der Waals surface area contributed by atoms with Gasteiger partial charge >= 0.3 is 5.97 Å². The summed E-state index contributed by atoms with van der Waals surface area (Å²) in [4.78, 5) is 31.1. The number of nitrogens with zero attached hydrogens (tertiary/aromatic N) is 2. The number of aromatic nitrogens is 1. The molecule has 0 aliphatic carbocycles. The first-order valence-electron chi connectivity index (χ1n) is 9.49. The highest BCUT2D eigenvalue weighted by atomic mass is 32.1. The predicted octanol–water partition coefficient (Wildman–Crippen LogP) is 2.94. The second-order valence-corrected chi connectivity index (χ2v) is 7.77. The third kappa shape index (κ3) is 3.64. The summed E-state index contributed by atoms with van der Waals surface area (Å²) < 4.78 is 20.5. The van der Waals surface area contributed by atoms with Crippen molar-refractivity contribution in [2.45, 2.75) is 19.9 Å². The predicted molar refractivity (Wildman–Crippen MR) is 113 cm³/mol. The molecule has 152 valence electrons. The molecule has 0 saturated carbocycles.